The van der Waals surface area contributed by atoms with Gasteiger partial charge < -0.3 is 0 Å². The van der Waals surface area contributed by atoms with E-state index in [0.29, 0.717) is 11.7 Å². The van der Waals surface area contributed by atoms with Crippen LogP contribution >= 0.6 is 0 Å². The Balaban J connectivity index is 2.72. The predicted octanol–water partition coefficient (Wildman–Crippen LogP) is 3.06. The minimum absolute atomic E-state index is 0.441. The molecule has 14 heavy (non-hydrogen) atoms. The summed E-state index contributed by atoms with van der Waals surface area (Å²) in [5.74, 6) is 1.13. The zero-order valence-corrected chi connectivity index (χ0v) is 9.51. The van der Waals surface area contributed by atoms with E-state index in [1.54, 1.807) is 0 Å². The summed E-state index contributed by atoms with van der Waals surface area (Å²) in [5.41, 5.74) is 0.978. The van der Waals surface area contributed by atoms with Gasteiger partial charge in [0.05, 0.1) is 10.8 Å². The summed E-state index contributed by atoms with van der Waals surface area (Å²) < 4.78 is 11.8. The third-order valence-corrected chi connectivity index (χ3v) is 3.61. The largest absolute Gasteiger partial charge is 0.254 e. The van der Waals surface area contributed by atoms with Crippen molar-refractivity contribution in [1.82, 2.24) is 0 Å². The smallest absolute Gasteiger partial charge is 0.0532 e. The first-order valence-corrected chi connectivity index (χ1v) is 6.06. The molecule has 0 aromatic heterocycles. The lowest BCUT2D eigenvalue weighted by molar-refractivity contribution is 0.671. The molecule has 0 saturated carbocycles. The number of rotatable bonds is 4. The highest BCUT2D eigenvalue weighted by Gasteiger charge is 2.08. The number of hydrogen-bond donors (Lipinski definition) is 0. The van der Waals surface area contributed by atoms with Crippen molar-refractivity contribution in [2.45, 2.75) is 13.8 Å². The van der Waals surface area contributed by atoms with Gasteiger partial charge in [-0.05, 0) is 11.5 Å². The molecule has 2 heteroatoms. The van der Waals surface area contributed by atoms with E-state index in [1.165, 1.54) is 0 Å². The summed E-state index contributed by atoms with van der Waals surface area (Å²) in [6, 6.07) is 9.71. The van der Waals surface area contributed by atoms with Gasteiger partial charge in [-0.1, -0.05) is 50.8 Å². The van der Waals surface area contributed by atoms with E-state index in [0.717, 1.165) is 10.5 Å². The molecule has 0 radical (unpaired) electrons. The van der Waals surface area contributed by atoms with Crippen LogP contribution in [0.5, 0.6) is 0 Å². The highest BCUT2D eigenvalue weighted by Crippen LogP contribution is 2.17. The van der Waals surface area contributed by atoms with E-state index in [1.807, 2.05) is 30.3 Å². The van der Waals surface area contributed by atoms with Crippen molar-refractivity contribution < 1.29 is 4.21 Å². The van der Waals surface area contributed by atoms with Crippen molar-refractivity contribution in [3.05, 3.63) is 42.5 Å². The second-order valence-corrected chi connectivity index (χ2v) is 5.21. The molecule has 0 heterocycles. The normalized spacial score (nSPS) is 12.8. The van der Waals surface area contributed by atoms with Crippen LogP contribution in [0.25, 0.3) is 4.91 Å². The van der Waals surface area contributed by atoms with E-state index in [2.05, 4.69) is 20.4 Å². The third kappa shape index (κ3) is 3.11. The minimum Gasteiger partial charge on any atom is -0.254 e. The zero-order chi connectivity index (χ0) is 10.6. The van der Waals surface area contributed by atoms with Gasteiger partial charge in [0.1, 0.15) is 0 Å². The van der Waals surface area contributed by atoms with Crippen molar-refractivity contribution in [2.75, 3.05) is 5.75 Å². The van der Waals surface area contributed by atoms with E-state index < -0.39 is 10.8 Å². The lowest BCUT2D eigenvalue weighted by Gasteiger charge is -2.07. The first-order valence-electron chi connectivity index (χ1n) is 4.74. The summed E-state index contributed by atoms with van der Waals surface area (Å²) >= 11 is 0. The fourth-order valence-electron chi connectivity index (χ4n) is 1.16. The average molecular weight is 208 g/mol. The van der Waals surface area contributed by atoms with Crippen molar-refractivity contribution in [3.63, 3.8) is 0 Å². The Morgan fingerprint density at radius 1 is 1.36 bits per heavy atom. The summed E-state index contributed by atoms with van der Waals surface area (Å²) in [5, 5.41) is 0. The van der Waals surface area contributed by atoms with Gasteiger partial charge in [0, 0.05) is 10.7 Å². The Hall–Kier alpha value is -0.890. The first kappa shape index (κ1) is 11.2. The van der Waals surface area contributed by atoms with Gasteiger partial charge in [-0.25, -0.2) is 0 Å². The standard InChI is InChI=1S/C12H16OS/c1-10(2)9-14(13)11(3)12-7-5-4-6-8-12/h4-8,10H,3,9H2,1-2H3/t14-/m0/s1. The monoisotopic (exact) mass is 208 g/mol. The first-order chi connectivity index (χ1) is 6.61. The Morgan fingerprint density at radius 3 is 2.43 bits per heavy atom. The molecule has 0 aliphatic carbocycles. The topological polar surface area (TPSA) is 17.1 Å². The fourth-order valence-corrected chi connectivity index (χ4v) is 2.36. The van der Waals surface area contributed by atoms with Crippen molar-refractivity contribution >= 4 is 15.7 Å². The molecule has 1 aromatic carbocycles. The molecule has 0 bridgehead atoms. The second kappa shape index (κ2) is 5.11. The van der Waals surface area contributed by atoms with Crippen LogP contribution in [0.1, 0.15) is 19.4 Å². The number of benzene rings is 1. The van der Waals surface area contributed by atoms with Crippen molar-refractivity contribution in [2.24, 2.45) is 5.92 Å². The Kier molecular flexibility index (Phi) is 4.08. The van der Waals surface area contributed by atoms with E-state index >= 15 is 0 Å². The molecule has 1 atom stereocenters. The predicted molar refractivity (Wildman–Crippen MR) is 63.3 cm³/mol. The lowest BCUT2D eigenvalue weighted by Crippen LogP contribution is -2.05. The fraction of sp³-hybridized carbons (Fsp3) is 0.333. The van der Waals surface area contributed by atoms with Gasteiger partial charge >= 0.3 is 0 Å². The summed E-state index contributed by atoms with van der Waals surface area (Å²) in [6.07, 6.45) is 0. The highest BCUT2D eigenvalue weighted by molar-refractivity contribution is 7.94. The lowest BCUT2D eigenvalue weighted by atomic mass is 10.2. The maximum Gasteiger partial charge on any atom is 0.0532 e. The summed E-state index contributed by atoms with van der Waals surface area (Å²) in [6.45, 7) is 8.01. The van der Waals surface area contributed by atoms with Gasteiger partial charge in [0.15, 0.2) is 0 Å². The summed E-state index contributed by atoms with van der Waals surface area (Å²) in [7, 11) is -0.940. The minimum atomic E-state index is -0.940. The van der Waals surface area contributed by atoms with Gasteiger partial charge in [0.2, 0.25) is 0 Å². The van der Waals surface area contributed by atoms with Gasteiger partial charge in [-0.3, -0.25) is 4.21 Å². The molecule has 0 spiro atoms. The van der Waals surface area contributed by atoms with E-state index in [9.17, 15) is 4.21 Å². The zero-order valence-electron chi connectivity index (χ0n) is 8.69. The molecular weight excluding hydrogens is 192 g/mol. The van der Waals surface area contributed by atoms with Crippen LogP contribution in [-0.4, -0.2) is 9.96 Å². The molecule has 0 aliphatic heterocycles. The Morgan fingerprint density at radius 2 is 1.93 bits per heavy atom. The molecule has 0 aliphatic rings. The molecule has 0 amide bonds. The molecule has 0 unspecified atom stereocenters. The quantitative estimate of drug-likeness (QED) is 0.743. The van der Waals surface area contributed by atoms with Crippen molar-refractivity contribution in [1.29, 1.82) is 0 Å². The SMILES string of the molecule is C=C(c1ccccc1)[S@@](=O)CC(C)C. The van der Waals surface area contributed by atoms with E-state index in [4.69, 9.17) is 0 Å². The molecule has 1 aromatic rings. The molecule has 1 rings (SSSR count). The van der Waals surface area contributed by atoms with Gasteiger partial charge in [-0.15, -0.1) is 0 Å². The average Bonchev–Trinajstić information content (AvgIpc) is 2.17. The molecule has 1 nitrogen and oxygen atoms in total. The van der Waals surface area contributed by atoms with Gasteiger partial charge in [-0.2, -0.15) is 0 Å². The van der Waals surface area contributed by atoms with Crippen LogP contribution in [0, 0.1) is 5.92 Å². The maximum atomic E-state index is 11.8. The van der Waals surface area contributed by atoms with E-state index in [-0.39, 0.29) is 0 Å². The Labute approximate surface area is 88.3 Å². The van der Waals surface area contributed by atoms with Crippen LogP contribution in [0.15, 0.2) is 36.9 Å². The van der Waals surface area contributed by atoms with Crippen LogP contribution in [0.4, 0.5) is 0 Å². The van der Waals surface area contributed by atoms with Gasteiger partial charge in [0.25, 0.3) is 0 Å². The third-order valence-electron chi connectivity index (χ3n) is 1.86. The maximum absolute atomic E-state index is 11.8. The summed E-state index contributed by atoms with van der Waals surface area (Å²) in [4.78, 5) is 0.735. The molecule has 0 N–H and O–H groups in total. The van der Waals surface area contributed by atoms with Crippen LogP contribution < -0.4 is 0 Å². The highest BCUT2D eigenvalue weighted by atomic mass is 32.2. The van der Waals surface area contributed by atoms with Crippen molar-refractivity contribution in [3.8, 4) is 0 Å². The molecule has 76 valence electrons. The van der Waals surface area contributed by atoms with Crippen LogP contribution in [-0.2, 0) is 10.8 Å². The Bertz CT molecular complexity index is 327. The molecule has 0 saturated heterocycles. The van der Waals surface area contributed by atoms with Crippen LogP contribution in [0.3, 0.4) is 0 Å². The van der Waals surface area contributed by atoms with Crippen LogP contribution in [0.2, 0.25) is 0 Å². The molecule has 0 fully saturated rings. The molecular formula is C12H16OS. The second-order valence-electron chi connectivity index (χ2n) is 3.70. The number of hydrogen-bond acceptors (Lipinski definition) is 1.